The quantitative estimate of drug-likeness (QED) is 0.738. The molecule has 0 aromatic heterocycles. The van der Waals surface area contributed by atoms with Crippen LogP contribution < -0.4 is 5.32 Å². The van der Waals surface area contributed by atoms with Crippen molar-refractivity contribution in [2.24, 2.45) is 5.41 Å². The molecule has 13 heavy (non-hydrogen) atoms. The van der Waals surface area contributed by atoms with Gasteiger partial charge in [0, 0.05) is 6.54 Å². The molecule has 0 spiro atoms. The molecule has 2 heteroatoms. The first-order valence-corrected chi connectivity index (χ1v) is 4.47. The number of hydrogen-bond acceptors (Lipinski definition) is 1. The lowest BCUT2D eigenvalue weighted by atomic mass is 9.97. The lowest BCUT2D eigenvalue weighted by Crippen LogP contribution is -2.19. The molecule has 0 saturated heterocycles. The van der Waals surface area contributed by atoms with E-state index in [4.69, 9.17) is 0 Å². The summed E-state index contributed by atoms with van der Waals surface area (Å²) in [7, 11) is 0. The van der Waals surface area contributed by atoms with Crippen molar-refractivity contribution in [2.75, 3.05) is 11.9 Å². The minimum Gasteiger partial charge on any atom is -0.382 e. The van der Waals surface area contributed by atoms with Crippen molar-refractivity contribution >= 4 is 5.69 Å². The molecule has 1 N–H and O–H groups in total. The fourth-order valence-corrected chi connectivity index (χ4v) is 0.965. The van der Waals surface area contributed by atoms with Crippen LogP contribution in [0.15, 0.2) is 24.3 Å². The SMILES string of the molecule is CC(C)(C)CNc1ccccc1F. The molecule has 1 nitrogen and oxygen atoms in total. The number of anilines is 1. The fraction of sp³-hybridized carbons (Fsp3) is 0.455. The van der Waals surface area contributed by atoms with Gasteiger partial charge in [-0.25, -0.2) is 4.39 Å². The molecule has 0 atom stereocenters. The van der Waals surface area contributed by atoms with Crippen molar-refractivity contribution in [1.82, 2.24) is 0 Å². The zero-order valence-corrected chi connectivity index (χ0v) is 8.39. The van der Waals surface area contributed by atoms with Crippen LogP contribution in [0.2, 0.25) is 0 Å². The van der Waals surface area contributed by atoms with Gasteiger partial charge in [0.05, 0.1) is 5.69 Å². The molecule has 1 rings (SSSR count). The summed E-state index contributed by atoms with van der Waals surface area (Å²) in [6, 6.07) is 6.73. The van der Waals surface area contributed by atoms with Crippen molar-refractivity contribution in [3.63, 3.8) is 0 Å². The van der Waals surface area contributed by atoms with E-state index < -0.39 is 0 Å². The van der Waals surface area contributed by atoms with E-state index in [2.05, 4.69) is 26.1 Å². The number of para-hydroxylation sites is 1. The highest BCUT2D eigenvalue weighted by atomic mass is 19.1. The van der Waals surface area contributed by atoms with Crippen LogP contribution in [-0.2, 0) is 0 Å². The molecule has 0 heterocycles. The molecule has 0 amide bonds. The van der Waals surface area contributed by atoms with E-state index in [1.807, 2.05) is 6.07 Å². The van der Waals surface area contributed by atoms with E-state index in [1.54, 1.807) is 12.1 Å². The first kappa shape index (κ1) is 10.0. The molecule has 0 unspecified atom stereocenters. The predicted molar refractivity (Wildman–Crippen MR) is 54.3 cm³/mol. The first-order chi connectivity index (χ1) is 5.99. The van der Waals surface area contributed by atoms with Crippen molar-refractivity contribution < 1.29 is 4.39 Å². The molecule has 1 aromatic carbocycles. The minimum absolute atomic E-state index is 0.169. The van der Waals surface area contributed by atoms with Crippen molar-refractivity contribution in [3.8, 4) is 0 Å². The van der Waals surface area contributed by atoms with Gasteiger partial charge >= 0.3 is 0 Å². The van der Waals surface area contributed by atoms with Gasteiger partial charge in [-0.15, -0.1) is 0 Å². The van der Waals surface area contributed by atoms with Gasteiger partial charge in [-0.1, -0.05) is 32.9 Å². The Kier molecular flexibility index (Phi) is 2.91. The van der Waals surface area contributed by atoms with Crippen LogP contribution in [0.1, 0.15) is 20.8 Å². The summed E-state index contributed by atoms with van der Waals surface area (Å²) < 4.78 is 13.1. The van der Waals surface area contributed by atoms with E-state index in [-0.39, 0.29) is 11.2 Å². The van der Waals surface area contributed by atoms with Gasteiger partial charge < -0.3 is 5.32 Å². The summed E-state index contributed by atoms with van der Waals surface area (Å²) in [6.45, 7) is 7.11. The van der Waals surface area contributed by atoms with Gasteiger partial charge in [-0.2, -0.15) is 0 Å². The maximum absolute atomic E-state index is 13.1. The van der Waals surface area contributed by atoms with Crippen LogP contribution in [0, 0.1) is 11.2 Å². The number of rotatable bonds is 2. The molecule has 0 radical (unpaired) electrons. The Hall–Kier alpha value is -1.05. The van der Waals surface area contributed by atoms with E-state index in [0.717, 1.165) is 6.54 Å². The van der Waals surface area contributed by atoms with Gasteiger partial charge in [0.15, 0.2) is 0 Å². The average molecular weight is 181 g/mol. The predicted octanol–water partition coefficient (Wildman–Crippen LogP) is 3.28. The highest BCUT2D eigenvalue weighted by molar-refractivity contribution is 5.44. The third-order valence-electron chi connectivity index (χ3n) is 1.68. The highest BCUT2D eigenvalue weighted by Crippen LogP contribution is 2.17. The minimum atomic E-state index is -0.188. The molecule has 0 aliphatic carbocycles. The van der Waals surface area contributed by atoms with E-state index in [0.29, 0.717) is 5.69 Å². The molecule has 0 fully saturated rings. The Morgan fingerprint density at radius 1 is 1.23 bits per heavy atom. The van der Waals surface area contributed by atoms with Crippen molar-refractivity contribution in [1.29, 1.82) is 0 Å². The third kappa shape index (κ3) is 3.45. The topological polar surface area (TPSA) is 12.0 Å². The summed E-state index contributed by atoms with van der Waals surface area (Å²) in [6.07, 6.45) is 0. The molecular weight excluding hydrogens is 165 g/mol. The number of benzene rings is 1. The van der Waals surface area contributed by atoms with Gasteiger partial charge in [0.2, 0.25) is 0 Å². The fourth-order valence-electron chi connectivity index (χ4n) is 0.965. The monoisotopic (exact) mass is 181 g/mol. The van der Waals surface area contributed by atoms with Crippen LogP contribution in [0.25, 0.3) is 0 Å². The third-order valence-corrected chi connectivity index (χ3v) is 1.68. The Balaban J connectivity index is 2.60. The lowest BCUT2D eigenvalue weighted by molar-refractivity contribution is 0.442. The highest BCUT2D eigenvalue weighted by Gasteiger charge is 2.10. The van der Waals surface area contributed by atoms with E-state index >= 15 is 0 Å². The molecule has 0 aliphatic rings. The van der Waals surface area contributed by atoms with Crippen LogP contribution >= 0.6 is 0 Å². The van der Waals surface area contributed by atoms with Gasteiger partial charge in [-0.05, 0) is 17.5 Å². The Morgan fingerprint density at radius 3 is 2.38 bits per heavy atom. The molecular formula is C11H16FN. The summed E-state index contributed by atoms with van der Waals surface area (Å²) >= 11 is 0. The number of halogens is 1. The Labute approximate surface area is 79.0 Å². The molecule has 0 bridgehead atoms. The maximum atomic E-state index is 13.1. The van der Waals surface area contributed by atoms with Gasteiger partial charge in [-0.3, -0.25) is 0 Å². The summed E-state index contributed by atoms with van der Waals surface area (Å²) in [5.74, 6) is -0.188. The average Bonchev–Trinajstić information content (AvgIpc) is 2.01. The Morgan fingerprint density at radius 2 is 1.85 bits per heavy atom. The van der Waals surface area contributed by atoms with E-state index in [1.165, 1.54) is 6.07 Å². The summed E-state index contributed by atoms with van der Waals surface area (Å²) in [4.78, 5) is 0. The van der Waals surface area contributed by atoms with Crippen LogP contribution in [0.5, 0.6) is 0 Å². The van der Waals surface area contributed by atoms with Crippen LogP contribution in [0.4, 0.5) is 10.1 Å². The van der Waals surface area contributed by atoms with Crippen LogP contribution in [0.3, 0.4) is 0 Å². The van der Waals surface area contributed by atoms with Crippen LogP contribution in [-0.4, -0.2) is 6.54 Å². The molecule has 1 aromatic rings. The van der Waals surface area contributed by atoms with Crippen molar-refractivity contribution in [2.45, 2.75) is 20.8 Å². The second kappa shape index (κ2) is 3.77. The summed E-state index contributed by atoms with van der Waals surface area (Å²) in [5.41, 5.74) is 0.750. The zero-order valence-electron chi connectivity index (χ0n) is 8.39. The van der Waals surface area contributed by atoms with Gasteiger partial charge in [0.1, 0.15) is 5.82 Å². The second-order valence-corrected chi connectivity index (χ2v) is 4.39. The standard InChI is InChI=1S/C11H16FN/c1-11(2,3)8-13-10-7-5-4-6-9(10)12/h4-7,13H,8H2,1-3H3. The normalized spacial score (nSPS) is 11.4. The first-order valence-electron chi connectivity index (χ1n) is 4.47. The molecule has 0 saturated carbocycles. The Bertz CT molecular complexity index is 276. The number of nitrogens with one attached hydrogen (secondary N) is 1. The van der Waals surface area contributed by atoms with Crippen molar-refractivity contribution in [3.05, 3.63) is 30.1 Å². The molecule has 72 valence electrons. The lowest BCUT2D eigenvalue weighted by Gasteiger charge is -2.19. The number of hydrogen-bond donors (Lipinski definition) is 1. The molecule has 0 aliphatic heterocycles. The second-order valence-electron chi connectivity index (χ2n) is 4.39. The zero-order chi connectivity index (χ0) is 9.90. The largest absolute Gasteiger partial charge is 0.382 e. The van der Waals surface area contributed by atoms with E-state index in [9.17, 15) is 4.39 Å². The summed E-state index contributed by atoms with van der Waals surface area (Å²) in [5, 5.41) is 3.08. The smallest absolute Gasteiger partial charge is 0.146 e. The van der Waals surface area contributed by atoms with Gasteiger partial charge in [0.25, 0.3) is 0 Å². The maximum Gasteiger partial charge on any atom is 0.146 e.